The lowest BCUT2D eigenvalue weighted by Gasteiger charge is -2.28. The Hall–Kier alpha value is -0.810. The zero-order valence-electron chi connectivity index (χ0n) is 13.6. The lowest BCUT2D eigenvalue weighted by molar-refractivity contribution is -0.135. The number of carbonyl (C=O) groups excluding carboxylic acids is 2. The van der Waals surface area contributed by atoms with Crippen LogP contribution in [0.3, 0.4) is 0 Å². The number of halogens is 1. The molecule has 1 aliphatic rings. The topological polar surface area (TPSA) is 61.4 Å². The first-order chi connectivity index (χ1) is 9.45. The number of hydrogen-bond donors (Lipinski definition) is 2. The summed E-state index contributed by atoms with van der Waals surface area (Å²) in [5.74, 6) is 0.870. The van der Waals surface area contributed by atoms with Gasteiger partial charge in [0.2, 0.25) is 11.8 Å². The third-order valence-corrected chi connectivity index (χ3v) is 4.25. The fraction of sp³-hybridized carbons (Fsp3) is 0.867. The van der Waals surface area contributed by atoms with E-state index >= 15 is 0 Å². The molecule has 0 bridgehead atoms. The lowest BCUT2D eigenvalue weighted by Crippen LogP contribution is -2.46. The fourth-order valence-corrected chi connectivity index (χ4v) is 2.67. The van der Waals surface area contributed by atoms with Crippen LogP contribution in [0.2, 0.25) is 0 Å². The molecule has 0 aromatic rings. The molecular weight excluding hydrogens is 290 g/mol. The van der Waals surface area contributed by atoms with Gasteiger partial charge in [0, 0.05) is 20.0 Å². The van der Waals surface area contributed by atoms with E-state index in [1.807, 2.05) is 6.92 Å². The molecular formula is C15H30ClN3O2. The van der Waals surface area contributed by atoms with Crippen molar-refractivity contribution in [3.05, 3.63) is 0 Å². The molecule has 1 fully saturated rings. The molecule has 0 radical (unpaired) electrons. The summed E-state index contributed by atoms with van der Waals surface area (Å²) in [6.45, 7) is 8.54. The number of hydrogen-bond acceptors (Lipinski definition) is 3. The van der Waals surface area contributed by atoms with Crippen molar-refractivity contribution in [3.8, 4) is 0 Å². The molecule has 0 aromatic heterocycles. The monoisotopic (exact) mass is 319 g/mol. The second kappa shape index (κ2) is 10.0. The molecule has 0 spiro atoms. The smallest absolute Gasteiger partial charge is 0.244 e. The third-order valence-electron chi connectivity index (χ3n) is 4.25. The summed E-state index contributed by atoms with van der Waals surface area (Å²) in [4.78, 5) is 25.5. The number of amides is 2. The van der Waals surface area contributed by atoms with Gasteiger partial charge in [0.05, 0.1) is 0 Å². The number of rotatable bonds is 6. The highest BCUT2D eigenvalue weighted by Gasteiger charge is 2.24. The second-order valence-electron chi connectivity index (χ2n) is 5.93. The summed E-state index contributed by atoms with van der Waals surface area (Å²) in [7, 11) is 1.75. The normalized spacial score (nSPS) is 20.9. The minimum atomic E-state index is -0.441. The van der Waals surface area contributed by atoms with Crippen LogP contribution in [-0.4, -0.2) is 49.4 Å². The minimum Gasteiger partial charge on any atom is -0.345 e. The van der Waals surface area contributed by atoms with Gasteiger partial charge in [-0.2, -0.15) is 0 Å². The molecule has 1 aliphatic heterocycles. The number of piperidine rings is 1. The molecule has 3 unspecified atom stereocenters. The van der Waals surface area contributed by atoms with Gasteiger partial charge in [0.1, 0.15) is 6.04 Å². The van der Waals surface area contributed by atoms with Crippen LogP contribution in [0.15, 0.2) is 0 Å². The third kappa shape index (κ3) is 6.66. The first-order valence-corrected chi connectivity index (χ1v) is 7.70. The van der Waals surface area contributed by atoms with E-state index in [4.69, 9.17) is 0 Å². The standard InChI is InChI=1S/C15H29N3O2.ClH/c1-5-18(4)15(20)12(3)17-14(19)9-11(2)13-7-6-8-16-10-13;/h11-13,16H,5-10H2,1-4H3,(H,17,19);1H. The first-order valence-electron chi connectivity index (χ1n) is 7.70. The van der Waals surface area contributed by atoms with E-state index in [0.717, 1.165) is 13.1 Å². The van der Waals surface area contributed by atoms with E-state index in [-0.39, 0.29) is 24.2 Å². The van der Waals surface area contributed by atoms with Crippen LogP contribution in [-0.2, 0) is 9.59 Å². The molecule has 124 valence electrons. The molecule has 6 heteroatoms. The fourth-order valence-electron chi connectivity index (χ4n) is 2.67. The Morgan fingerprint density at radius 1 is 1.38 bits per heavy atom. The molecule has 2 amide bonds. The van der Waals surface area contributed by atoms with E-state index in [2.05, 4.69) is 17.6 Å². The molecule has 1 saturated heterocycles. The van der Waals surface area contributed by atoms with Crippen molar-refractivity contribution < 1.29 is 9.59 Å². The van der Waals surface area contributed by atoms with Crippen molar-refractivity contribution >= 4 is 24.2 Å². The van der Waals surface area contributed by atoms with Crippen LogP contribution in [0.25, 0.3) is 0 Å². The van der Waals surface area contributed by atoms with Gasteiger partial charge in [-0.05, 0) is 51.6 Å². The minimum absolute atomic E-state index is 0. The predicted octanol–water partition coefficient (Wildman–Crippen LogP) is 1.42. The Morgan fingerprint density at radius 3 is 2.57 bits per heavy atom. The van der Waals surface area contributed by atoms with Crippen LogP contribution in [0, 0.1) is 11.8 Å². The van der Waals surface area contributed by atoms with Crippen molar-refractivity contribution in [2.45, 2.75) is 46.1 Å². The van der Waals surface area contributed by atoms with E-state index in [1.54, 1.807) is 18.9 Å². The van der Waals surface area contributed by atoms with Crippen molar-refractivity contribution in [3.63, 3.8) is 0 Å². The van der Waals surface area contributed by atoms with E-state index < -0.39 is 6.04 Å². The lowest BCUT2D eigenvalue weighted by atomic mass is 9.85. The maximum atomic E-state index is 12.0. The Balaban J connectivity index is 0.00000400. The molecule has 5 nitrogen and oxygen atoms in total. The largest absolute Gasteiger partial charge is 0.345 e. The van der Waals surface area contributed by atoms with Crippen molar-refractivity contribution in [1.82, 2.24) is 15.5 Å². The van der Waals surface area contributed by atoms with Crippen LogP contribution >= 0.6 is 12.4 Å². The molecule has 3 atom stereocenters. The van der Waals surface area contributed by atoms with Crippen LogP contribution < -0.4 is 10.6 Å². The molecule has 1 heterocycles. The quantitative estimate of drug-likeness (QED) is 0.778. The highest BCUT2D eigenvalue weighted by molar-refractivity contribution is 5.87. The zero-order valence-corrected chi connectivity index (χ0v) is 14.5. The van der Waals surface area contributed by atoms with Gasteiger partial charge in [-0.3, -0.25) is 9.59 Å². The second-order valence-corrected chi connectivity index (χ2v) is 5.93. The predicted molar refractivity (Wildman–Crippen MR) is 87.5 cm³/mol. The molecule has 0 saturated carbocycles. The summed E-state index contributed by atoms with van der Waals surface area (Å²) in [6.07, 6.45) is 2.88. The molecule has 0 aromatic carbocycles. The number of nitrogens with zero attached hydrogens (tertiary/aromatic N) is 1. The molecule has 21 heavy (non-hydrogen) atoms. The van der Waals surface area contributed by atoms with Gasteiger partial charge < -0.3 is 15.5 Å². The van der Waals surface area contributed by atoms with Crippen LogP contribution in [0.4, 0.5) is 0 Å². The van der Waals surface area contributed by atoms with Crippen molar-refractivity contribution in [2.24, 2.45) is 11.8 Å². The summed E-state index contributed by atoms with van der Waals surface area (Å²) in [5, 5.41) is 6.19. The van der Waals surface area contributed by atoms with Crippen molar-refractivity contribution in [2.75, 3.05) is 26.7 Å². The summed E-state index contributed by atoms with van der Waals surface area (Å²) in [6, 6.07) is -0.441. The number of likely N-dealkylation sites (N-methyl/N-ethyl adjacent to an activating group) is 1. The Morgan fingerprint density at radius 2 is 2.05 bits per heavy atom. The average Bonchev–Trinajstić information content (AvgIpc) is 2.46. The van der Waals surface area contributed by atoms with Gasteiger partial charge in [-0.25, -0.2) is 0 Å². The highest BCUT2D eigenvalue weighted by Crippen LogP contribution is 2.22. The van der Waals surface area contributed by atoms with Gasteiger partial charge in [0.25, 0.3) is 0 Å². The maximum Gasteiger partial charge on any atom is 0.244 e. The first kappa shape index (κ1) is 20.2. The average molecular weight is 320 g/mol. The van der Waals surface area contributed by atoms with Gasteiger partial charge in [-0.1, -0.05) is 6.92 Å². The zero-order chi connectivity index (χ0) is 15.1. The Labute approximate surface area is 134 Å². The van der Waals surface area contributed by atoms with E-state index in [1.165, 1.54) is 12.8 Å². The van der Waals surface area contributed by atoms with Crippen LogP contribution in [0.5, 0.6) is 0 Å². The Bertz CT molecular complexity index is 333. The van der Waals surface area contributed by atoms with Crippen LogP contribution in [0.1, 0.15) is 40.0 Å². The SMILES string of the molecule is CCN(C)C(=O)C(C)NC(=O)CC(C)C1CCCNC1.Cl. The number of nitrogens with one attached hydrogen (secondary N) is 2. The molecule has 1 rings (SSSR count). The van der Waals surface area contributed by atoms with Gasteiger partial charge >= 0.3 is 0 Å². The number of carbonyl (C=O) groups is 2. The van der Waals surface area contributed by atoms with Gasteiger partial charge in [0.15, 0.2) is 0 Å². The molecule has 2 N–H and O–H groups in total. The van der Waals surface area contributed by atoms with E-state index in [9.17, 15) is 9.59 Å². The summed E-state index contributed by atoms with van der Waals surface area (Å²) < 4.78 is 0. The van der Waals surface area contributed by atoms with E-state index in [0.29, 0.717) is 24.8 Å². The Kier molecular flexibility index (Phi) is 9.62. The van der Waals surface area contributed by atoms with Crippen molar-refractivity contribution in [1.29, 1.82) is 0 Å². The summed E-state index contributed by atoms with van der Waals surface area (Å²) >= 11 is 0. The maximum absolute atomic E-state index is 12.0. The summed E-state index contributed by atoms with van der Waals surface area (Å²) in [5.41, 5.74) is 0. The molecule has 0 aliphatic carbocycles. The highest BCUT2D eigenvalue weighted by atomic mass is 35.5. The van der Waals surface area contributed by atoms with Gasteiger partial charge in [-0.15, -0.1) is 12.4 Å².